The quantitative estimate of drug-likeness (QED) is 0.149. The molecule has 5 aromatic carbocycles. The number of phenols is 2. The first-order valence-electron chi connectivity index (χ1n) is 13.9. The maximum atomic E-state index is 12.5. The Bertz CT molecular complexity index is 2090. The van der Waals surface area contributed by atoms with Crippen LogP contribution in [0.15, 0.2) is 108 Å². The van der Waals surface area contributed by atoms with E-state index in [2.05, 4.69) is 26.0 Å². The van der Waals surface area contributed by atoms with E-state index in [0.717, 1.165) is 20.2 Å². The highest BCUT2D eigenvalue weighted by molar-refractivity contribution is 7.24. The Morgan fingerprint density at radius 2 is 1.30 bits per heavy atom. The number of benzene rings is 5. The Morgan fingerprint density at radius 3 is 2.00 bits per heavy atom. The van der Waals surface area contributed by atoms with Crippen LogP contribution in [0.3, 0.4) is 0 Å². The van der Waals surface area contributed by atoms with Crippen LogP contribution in [-0.2, 0) is 10.3 Å². The monoisotopic (exact) mass is 586 g/mol. The van der Waals surface area contributed by atoms with Gasteiger partial charge in [0.15, 0.2) is 11.0 Å². The van der Waals surface area contributed by atoms with Crippen LogP contribution in [0.1, 0.15) is 52.4 Å². The molecule has 0 radical (unpaired) electrons. The third kappa shape index (κ3) is 4.23. The van der Waals surface area contributed by atoms with Crippen LogP contribution in [-0.4, -0.2) is 16.2 Å². The van der Waals surface area contributed by atoms with Gasteiger partial charge < -0.3 is 19.7 Å². The molecule has 43 heavy (non-hydrogen) atoms. The van der Waals surface area contributed by atoms with Gasteiger partial charge in [0.05, 0.1) is 5.56 Å². The van der Waals surface area contributed by atoms with Crippen LogP contribution in [0.2, 0.25) is 0 Å². The van der Waals surface area contributed by atoms with E-state index in [0.29, 0.717) is 39.7 Å². The van der Waals surface area contributed by atoms with E-state index in [-0.39, 0.29) is 16.9 Å². The number of fused-ring (bicyclic) bond motifs is 8. The van der Waals surface area contributed by atoms with Crippen molar-refractivity contribution in [2.75, 3.05) is 0 Å². The second kappa shape index (κ2) is 10.00. The summed E-state index contributed by atoms with van der Waals surface area (Å²) < 4.78 is 13.9. The van der Waals surface area contributed by atoms with Crippen LogP contribution in [0, 0.1) is 0 Å². The molecule has 1 spiro atoms. The lowest BCUT2D eigenvalue weighted by molar-refractivity contribution is 0.0224. The van der Waals surface area contributed by atoms with Gasteiger partial charge in [0.2, 0.25) is 0 Å². The van der Waals surface area contributed by atoms with Crippen LogP contribution >= 0.6 is 11.3 Å². The standard InChI is InChI=1S/C20H12O5.C16H14OS/c21-11-5-7-15-17(9-11)24-18-10-12(22)6-8-16(18)20(15)14-4-2-1-3-13(14)19(23)25-20;1-10(2)11-7-8-15-13(9-11)16(17)12-5-3-4-6-14(12)18-15/h1-10,21-22H;3-10H,1-2H3. The minimum Gasteiger partial charge on any atom is -0.508 e. The summed E-state index contributed by atoms with van der Waals surface area (Å²) in [7, 11) is 0. The molecule has 2 aliphatic heterocycles. The van der Waals surface area contributed by atoms with Crippen molar-refractivity contribution in [1.82, 2.24) is 0 Å². The Hall–Kier alpha value is -5.14. The van der Waals surface area contributed by atoms with Crippen LogP contribution in [0.4, 0.5) is 0 Å². The molecule has 0 unspecified atom stereocenters. The topological polar surface area (TPSA) is 93.1 Å². The number of aromatic hydroxyl groups is 2. The summed E-state index contributed by atoms with van der Waals surface area (Å²) in [4.78, 5) is 25.0. The Balaban J connectivity index is 0.000000148. The van der Waals surface area contributed by atoms with E-state index in [4.69, 9.17) is 9.47 Å². The molecule has 3 heterocycles. The lowest BCUT2D eigenvalue weighted by Gasteiger charge is -2.36. The van der Waals surface area contributed by atoms with Gasteiger partial charge in [-0.05, 0) is 66.1 Å². The predicted octanol–water partition coefficient (Wildman–Crippen LogP) is 8.20. The van der Waals surface area contributed by atoms with Gasteiger partial charge in [-0.2, -0.15) is 0 Å². The molecule has 212 valence electrons. The zero-order valence-electron chi connectivity index (χ0n) is 23.3. The molecule has 2 aliphatic rings. The highest BCUT2D eigenvalue weighted by Gasteiger charge is 2.53. The third-order valence-electron chi connectivity index (χ3n) is 7.95. The fraction of sp³-hybridized carbons (Fsp3) is 0.111. The number of esters is 1. The summed E-state index contributed by atoms with van der Waals surface area (Å²) in [6.07, 6.45) is 0. The molecule has 8 rings (SSSR count). The molecule has 0 amide bonds. The first-order valence-corrected chi connectivity index (χ1v) is 14.7. The van der Waals surface area contributed by atoms with Gasteiger partial charge >= 0.3 is 5.97 Å². The van der Waals surface area contributed by atoms with Crippen molar-refractivity contribution in [1.29, 1.82) is 0 Å². The zero-order chi connectivity index (χ0) is 29.9. The number of carbonyl (C=O) groups is 1. The van der Waals surface area contributed by atoms with E-state index >= 15 is 0 Å². The first kappa shape index (κ1) is 26.7. The maximum Gasteiger partial charge on any atom is 0.340 e. The van der Waals surface area contributed by atoms with Crippen molar-refractivity contribution >= 4 is 37.5 Å². The van der Waals surface area contributed by atoms with Crippen LogP contribution in [0.25, 0.3) is 20.2 Å². The smallest absolute Gasteiger partial charge is 0.340 e. The molecule has 6 aromatic rings. The van der Waals surface area contributed by atoms with Gasteiger partial charge in [-0.1, -0.05) is 50.2 Å². The average molecular weight is 587 g/mol. The molecule has 0 fully saturated rings. The molecule has 1 aromatic heterocycles. The predicted molar refractivity (Wildman–Crippen MR) is 168 cm³/mol. The highest BCUT2D eigenvalue weighted by atomic mass is 32.1. The molecule has 0 atom stereocenters. The summed E-state index contributed by atoms with van der Waals surface area (Å²) in [6, 6.07) is 30.7. The number of hydrogen-bond acceptors (Lipinski definition) is 7. The molecule has 0 saturated heterocycles. The van der Waals surface area contributed by atoms with Gasteiger partial charge in [-0.25, -0.2) is 4.79 Å². The second-order valence-corrected chi connectivity index (χ2v) is 12.0. The Kier molecular flexibility index (Phi) is 6.22. The van der Waals surface area contributed by atoms with Gasteiger partial charge in [-0.3, -0.25) is 4.79 Å². The van der Waals surface area contributed by atoms with Gasteiger partial charge in [0.25, 0.3) is 0 Å². The molecule has 0 bridgehead atoms. The third-order valence-corrected chi connectivity index (χ3v) is 9.10. The van der Waals surface area contributed by atoms with E-state index < -0.39 is 11.6 Å². The summed E-state index contributed by atoms with van der Waals surface area (Å²) >= 11 is 1.69. The number of phenolic OH excluding ortho intramolecular Hbond substituents is 2. The fourth-order valence-corrected chi connectivity index (χ4v) is 6.89. The Labute approximate surface area is 251 Å². The average Bonchev–Trinajstić information content (AvgIpc) is 3.29. The number of carbonyl (C=O) groups excluding carboxylic acids is 1. The van der Waals surface area contributed by atoms with Crippen molar-refractivity contribution < 1.29 is 24.5 Å². The molecule has 0 saturated carbocycles. The SMILES string of the molecule is CC(C)c1ccc2sc3ccccc3c(=O)c2c1.O=C1OC2(c3ccc(O)cc3Oc3cc(O)ccc32)c2ccccc21. The molecular weight excluding hydrogens is 560 g/mol. The van der Waals surface area contributed by atoms with Gasteiger partial charge in [-0.15, -0.1) is 11.3 Å². The van der Waals surface area contributed by atoms with E-state index in [1.165, 1.54) is 29.8 Å². The minimum absolute atomic E-state index is 0.0371. The summed E-state index contributed by atoms with van der Waals surface area (Å²) in [5.41, 5.74) is 2.66. The second-order valence-electron chi connectivity index (χ2n) is 10.9. The highest BCUT2D eigenvalue weighted by Crippen LogP contribution is 2.56. The summed E-state index contributed by atoms with van der Waals surface area (Å²) in [6.45, 7) is 4.30. The maximum absolute atomic E-state index is 12.5. The summed E-state index contributed by atoms with van der Waals surface area (Å²) in [5.74, 6) is 0.858. The fourth-order valence-electron chi connectivity index (χ4n) is 5.83. The van der Waals surface area contributed by atoms with Crippen molar-refractivity contribution in [2.24, 2.45) is 0 Å². The van der Waals surface area contributed by atoms with Crippen molar-refractivity contribution in [3.05, 3.63) is 141 Å². The van der Waals surface area contributed by atoms with Gasteiger partial charge in [0, 0.05) is 49.0 Å². The van der Waals surface area contributed by atoms with E-state index in [9.17, 15) is 19.8 Å². The van der Waals surface area contributed by atoms with Crippen molar-refractivity contribution in [2.45, 2.75) is 25.4 Å². The van der Waals surface area contributed by atoms with Crippen LogP contribution in [0.5, 0.6) is 23.0 Å². The Morgan fingerprint density at radius 1 is 0.674 bits per heavy atom. The summed E-state index contributed by atoms with van der Waals surface area (Å²) in [5, 5.41) is 21.3. The zero-order valence-corrected chi connectivity index (χ0v) is 24.1. The molecule has 6 nitrogen and oxygen atoms in total. The van der Waals surface area contributed by atoms with Crippen LogP contribution < -0.4 is 10.2 Å². The van der Waals surface area contributed by atoms with Gasteiger partial charge in [0.1, 0.15) is 23.0 Å². The number of hydrogen-bond donors (Lipinski definition) is 2. The largest absolute Gasteiger partial charge is 0.508 e. The molecular formula is C36H26O6S. The lowest BCUT2D eigenvalue weighted by Crippen LogP contribution is -2.32. The molecule has 0 aliphatic carbocycles. The van der Waals surface area contributed by atoms with Crippen molar-refractivity contribution in [3.8, 4) is 23.0 Å². The minimum atomic E-state index is -1.17. The van der Waals surface area contributed by atoms with E-state index in [1.54, 1.807) is 35.6 Å². The van der Waals surface area contributed by atoms with E-state index in [1.807, 2.05) is 42.5 Å². The molecule has 2 N–H and O–H groups in total. The number of rotatable bonds is 1. The lowest BCUT2D eigenvalue weighted by atomic mass is 9.77. The van der Waals surface area contributed by atoms with Crippen molar-refractivity contribution in [3.63, 3.8) is 0 Å². The first-order chi connectivity index (χ1) is 20.8. The molecule has 7 heteroatoms. The normalized spacial score (nSPS) is 14.0. The number of ether oxygens (including phenoxy) is 2.